The van der Waals surface area contributed by atoms with E-state index in [2.05, 4.69) is 13.8 Å². The number of unbranched alkanes of at least 4 members (excludes halogenated alkanes) is 16. The normalized spacial score (nSPS) is 13.8. The number of rotatable bonds is 23. The summed E-state index contributed by atoms with van der Waals surface area (Å²) in [5.74, 6) is -1.32. The van der Waals surface area contributed by atoms with Crippen molar-refractivity contribution >= 4 is 11.9 Å². The topological polar surface area (TPSA) is 52.6 Å². The van der Waals surface area contributed by atoms with Crippen molar-refractivity contribution in [1.82, 2.24) is 0 Å². The van der Waals surface area contributed by atoms with E-state index in [1.165, 1.54) is 89.9 Å². The van der Waals surface area contributed by atoms with Crippen molar-refractivity contribution in [1.29, 1.82) is 0 Å². The van der Waals surface area contributed by atoms with Crippen molar-refractivity contribution in [3.63, 3.8) is 0 Å². The molecule has 0 N–H and O–H groups in total. The Labute approximate surface area is 237 Å². The molecule has 0 radical (unpaired) electrons. The SMILES string of the molecule is CCCCCCCCCCCC(C(=O)OC(C)(C)C)C(CCCCCCCCCCC)C(=O)OC(C)(C)C. The first-order valence-electron chi connectivity index (χ1n) is 16.4. The van der Waals surface area contributed by atoms with Crippen LogP contribution in [0.4, 0.5) is 0 Å². The maximum absolute atomic E-state index is 13.4. The second kappa shape index (κ2) is 21.7. The van der Waals surface area contributed by atoms with Crippen LogP contribution in [0, 0.1) is 11.8 Å². The fourth-order valence-electron chi connectivity index (χ4n) is 5.07. The quantitative estimate of drug-likeness (QED) is 0.0958. The minimum absolute atomic E-state index is 0.233. The third-order valence-electron chi connectivity index (χ3n) is 7.14. The highest BCUT2D eigenvalue weighted by Gasteiger charge is 2.38. The van der Waals surface area contributed by atoms with Crippen LogP contribution in [0.15, 0.2) is 0 Å². The van der Waals surface area contributed by atoms with Gasteiger partial charge < -0.3 is 9.47 Å². The molecule has 4 nitrogen and oxygen atoms in total. The van der Waals surface area contributed by atoms with Gasteiger partial charge in [0.15, 0.2) is 0 Å². The molecule has 2 atom stereocenters. The molecule has 0 saturated carbocycles. The van der Waals surface area contributed by atoms with E-state index in [1.807, 2.05) is 41.5 Å². The third-order valence-corrected chi connectivity index (χ3v) is 7.14. The second-order valence-corrected chi connectivity index (χ2v) is 13.5. The summed E-state index contributed by atoms with van der Waals surface area (Å²) >= 11 is 0. The Morgan fingerprint density at radius 2 is 0.684 bits per heavy atom. The largest absolute Gasteiger partial charge is 0.460 e. The lowest BCUT2D eigenvalue weighted by atomic mass is 9.83. The minimum Gasteiger partial charge on any atom is -0.460 e. The first-order chi connectivity index (χ1) is 17.9. The average molecular weight is 539 g/mol. The molecule has 0 aliphatic heterocycles. The van der Waals surface area contributed by atoms with Gasteiger partial charge in [-0.05, 0) is 54.4 Å². The summed E-state index contributed by atoms with van der Waals surface area (Å²) in [7, 11) is 0. The maximum atomic E-state index is 13.4. The lowest BCUT2D eigenvalue weighted by Crippen LogP contribution is -2.38. The smallest absolute Gasteiger partial charge is 0.310 e. The molecule has 0 aliphatic rings. The number of ether oxygens (including phenoxy) is 2. The van der Waals surface area contributed by atoms with Crippen LogP contribution in [0.25, 0.3) is 0 Å². The van der Waals surface area contributed by atoms with Gasteiger partial charge >= 0.3 is 11.9 Å². The van der Waals surface area contributed by atoms with E-state index < -0.39 is 23.0 Å². The van der Waals surface area contributed by atoms with Gasteiger partial charge in [0.2, 0.25) is 0 Å². The predicted octanol–water partition coefficient (Wildman–Crippen LogP) is 10.7. The third kappa shape index (κ3) is 21.8. The Balaban J connectivity index is 5.07. The van der Waals surface area contributed by atoms with Gasteiger partial charge in [-0.3, -0.25) is 9.59 Å². The van der Waals surface area contributed by atoms with Crippen molar-refractivity contribution in [2.24, 2.45) is 11.8 Å². The van der Waals surface area contributed by atoms with E-state index in [4.69, 9.17) is 9.47 Å². The molecule has 38 heavy (non-hydrogen) atoms. The van der Waals surface area contributed by atoms with E-state index in [9.17, 15) is 9.59 Å². The number of esters is 2. The van der Waals surface area contributed by atoms with Gasteiger partial charge in [0, 0.05) is 0 Å². The summed E-state index contributed by atoms with van der Waals surface area (Å²) < 4.78 is 11.7. The van der Waals surface area contributed by atoms with Gasteiger partial charge in [0.1, 0.15) is 11.2 Å². The van der Waals surface area contributed by atoms with E-state index >= 15 is 0 Å². The minimum atomic E-state index is -0.565. The van der Waals surface area contributed by atoms with Crippen molar-refractivity contribution in [2.75, 3.05) is 0 Å². The highest BCUT2D eigenvalue weighted by atomic mass is 16.6. The lowest BCUT2D eigenvalue weighted by molar-refractivity contribution is -0.174. The molecule has 226 valence electrons. The Hall–Kier alpha value is -1.06. The highest BCUT2D eigenvalue weighted by Crippen LogP contribution is 2.31. The van der Waals surface area contributed by atoms with Crippen LogP contribution in [0.5, 0.6) is 0 Å². The van der Waals surface area contributed by atoms with Gasteiger partial charge in [-0.2, -0.15) is 0 Å². The molecular formula is C34H66O4. The lowest BCUT2D eigenvalue weighted by Gasteiger charge is -2.30. The fraction of sp³-hybridized carbons (Fsp3) is 0.941. The molecule has 0 amide bonds. The zero-order valence-electron chi connectivity index (χ0n) is 26.9. The zero-order chi connectivity index (χ0) is 28.9. The van der Waals surface area contributed by atoms with Gasteiger partial charge in [0.25, 0.3) is 0 Å². The molecule has 0 spiro atoms. The Bertz CT molecular complexity index is 532. The van der Waals surface area contributed by atoms with Crippen molar-refractivity contribution in [3.8, 4) is 0 Å². The number of carbonyl (C=O) groups is 2. The van der Waals surface area contributed by atoms with Crippen LogP contribution < -0.4 is 0 Å². The molecule has 2 unspecified atom stereocenters. The summed E-state index contributed by atoms with van der Waals surface area (Å²) in [5.41, 5.74) is -1.13. The molecule has 0 bridgehead atoms. The molecule has 0 fully saturated rings. The van der Waals surface area contributed by atoms with Crippen LogP contribution >= 0.6 is 0 Å². The van der Waals surface area contributed by atoms with Gasteiger partial charge in [-0.1, -0.05) is 129 Å². The van der Waals surface area contributed by atoms with E-state index in [1.54, 1.807) is 0 Å². The summed E-state index contributed by atoms with van der Waals surface area (Å²) in [4.78, 5) is 26.7. The second-order valence-electron chi connectivity index (χ2n) is 13.5. The molecule has 0 saturated heterocycles. The molecule has 0 aliphatic carbocycles. The summed E-state index contributed by atoms with van der Waals surface area (Å²) in [5, 5.41) is 0. The molecule has 0 aromatic rings. The van der Waals surface area contributed by atoms with Gasteiger partial charge in [0.05, 0.1) is 11.8 Å². The number of carbonyl (C=O) groups excluding carboxylic acids is 2. The molecule has 0 aromatic carbocycles. The van der Waals surface area contributed by atoms with Gasteiger partial charge in [-0.25, -0.2) is 0 Å². The molecule has 0 rings (SSSR count). The van der Waals surface area contributed by atoms with Crippen molar-refractivity contribution in [3.05, 3.63) is 0 Å². The standard InChI is InChI=1S/C34H66O4/c1-9-11-13-15-17-19-21-23-25-27-29(31(35)37-33(3,4)5)30(32(36)38-34(6,7)8)28-26-24-22-20-18-16-14-12-10-2/h29-30H,9-28H2,1-8H3. The van der Waals surface area contributed by atoms with E-state index in [0.29, 0.717) is 12.8 Å². The van der Waals surface area contributed by atoms with Crippen LogP contribution in [0.3, 0.4) is 0 Å². The Kier molecular flexibility index (Phi) is 21.1. The Morgan fingerprint density at radius 3 is 0.921 bits per heavy atom. The molecule has 4 heteroatoms. The molecule has 0 heterocycles. The summed E-state index contributed by atoms with van der Waals surface area (Å²) in [6.45, 7) is 15.9. The zero-order valence-corrected chi connectivity index (χ0v) is 26.9. The van der Waals surface area contributed by atoms with Gasteiger partial charge in [-0.15, -0.1) is 0 Å². The molecular weight excluding hydrogens is 472 g/mol. The van der Waals surface area contributed by atoms with Crippen molar-refractivity contribution < 1.29 is 19.1 Å². The molecule has 0 aromatic heterocycles. The Morgan fingerprint density at radius 1 is 0.447 bits per heavy atom. The predicted molar refractivity (Wildman–Crippen MR) is 162 cm³/mol. The monoisotopic (exact) mass is 538 g/mol. The number of hydrogen-bond acceptors (Lipinski definition) is 4. The van der Waals surface area contributed by atoms with Crippen LogP contribution in [0.1, 0.15) is 184 Å². The first-order valence-corrected chi connectivity index (χ1v) is 16.4. The van der Waals surface area contributed by atoms with Crippen LogP contribution in [-0.4, -0.2) is 23.1 Å². The summed E-state index contributed by atoms with van der Waals surface area (Å²) in [6, 6.07) is 0. The van der Waals surface area contributed by atoms with E-state index in [0.717, 1.165) is 25.7 Å². The maximum Gasteiger partial charge on any atom is 0.310 e. The van der Waals surface area contributed by atoms with Crippen molar-refractivity contribution in [2.45, 2.75) is 195 Å². The van der Waals surface area contributed by atoms with Crippen LogP contribution in [-0.2, 0) is 19.1 Å². The van der Waals surface area contributed by atoms with E-state index in [-0.39, 0.29) is 11.9 Å². The first kappa shape index (κ1) is 36.9. The number of hydrogen-bond donors (Lipinski definition) is 0. The highest BCUT2D eigenvalue weighted by molar-refractivity contribution is 5.82. The fourth-order valence-corrected chi connectivity index (χ4v) is 5.07. The summed E-state index contributed by atoms with van der Waals surface area (Å²) in [6.07, 6.45) is 23.6. The average Bonchev–Trinajstić information content (AvgIpc) is 2.80. The van der Waals surface area contributed by atoms with Crippen LogP contribution in [0.2, 0.25) is 0 Å².